The molecule has 2 fully saturated rings. The number of piperazine rings is 1. The second kappa shape index (κ2) is 6.79. The molecule has 2 aromatic rings. The summed E-state index contributed by atoms with van der Waals surface area (Å²) in [6.45, 7) is 9.86. The molecule has 2 heterocycles. The lowest BCUT2D eigenvalue weighted by Crippen LogP contribution is -2.47. The molecule has 0 N–H and O–H groups in total. The van der Waals surface area contributed by atoms with Crippen LogP contribution in [-0.2, 0) is 5.41 Å². The van der Waals surface area contributed by atoms with Crippen LogP contribution in [-0.4, -0.2) is 47.8 Å². The maximum absolute atomic E-state index is 5.63. The third-order valence-electron chi connectivity index (χ3n) is 5.59. The minimum Gasteiger partial charge on any atom is -0.322 e. The van der Waals surface area contributed by atoms with E-state index in [1.807, 2.05) is 0 Å². The fourth-order valence-electron chi connectivity index (χ4n) is 3.67. The second-order valence-electron chi connectivity index (χ2n) is 7.86. The van der Waals surface area contributed by atoms with E-state index in [1.165, 1.54) is 18.5 Å². The second-order valence-corrected chi connectivity index (χ2v) is 7.86. The SMILES string of the molecule is CC(C)CCN1CCN(c2nc(C3(c4ccccc4)CC3)no2)CC1. The summed E-state index contributed by atoms with van der Waals surface area (Å²) in [6, 6.07) is 11.3. The number of benzene rings is 1. The molecule has 0 spiro atoms. The van der Waals surface area contributed by atoms with E-state index in [0.717, 1.165) is 50.8 Å². The first-order valence-corrected chi connectivity index (χ1v) is 9.54. The minimum atomic E-state index is -0.0118. The summed E-state index contributed by atoms with van der Waals surface area (Å²) in [5, 5.41) is 4.34. The summed E-state index contributed by atoms with van der Waals surface area (Å²) in [5.74, 6) is 1.63. The quantitative estimate of drug-likeness (QED) is 0.807. The molecule has 0 atom stereocenters. The fourth-order valence-corrected chi connectivity index (χ4v) is 3.67. The molecule has 4 rings (SSSR count). The van der Waals surface area contributed by atoms with Crippen molar-refractivity contribution in [3.8, 4) is 0 Å². The van der Waals surface area contributed by atoms with Crippen molar-refractivity contribution in [3.05, 3.63) is 41.7 Å². The Morgan fingerprint density at radius 3 is 2.44 bits per heavy atom. The monoisotopic (exact) mass is 340 g/mol. The third kappa shape index (κ3) is 3.43. The molecule has 25 heavy (non-hydrogen) atoms. The van der Waals surface area contributed by atoms with Crippen molar-refractivity contribution in [2.45, 2.75) is 38.5 Å². The number of hydrogen-bond acceptors (Lipinski definition) is 5. The van der Waals surface area contributed by atoms with E-state index >= 15 is 0 Å². The van der Waals surface area contributed by atoms with Gasteiger partial charge in [-0.25, -0.2) is 0 Å². The van der Waals surface area contributed by atoms with E-state index in [-0.39, 0.29) is 5.41 Å². The van der Waals surface area contributed by atoms with Crippen molar-refractivity contribution >= 4 is 6.01 Å². The van der Waals surface area contributed by atoms with Gasteiger partial charge in [-0.2, -0.15) is 4.98 Å². The molecule has 0 unspecified atom stereocenters. The Bertz CT molecular complexity index is 685. The maximum Gasteiger partial charge on any atom is 0.324 e. The van der Waals surface area contributed by atoms with Gasteiger partial charge in [0.05, 0.1) is 5.41 Å². The van der Waals surface area contributed by atoms with Crippen molar-refractivity contribution < 1.29 is 4.52 Å². The highest BCUT2D eigenvalue weighted by Gasteiger charge is 2.50. The van der Waals surface area contributed by atoms with Gasteiger partial charge in [-0.15, -0.1) is 0 Å². The summed E-state index contributed by atoms with van der Waals surface area (Å²) in [7, 11) is 0. The molecule has 5 heteroatoms. The van der Waals surface area contributed by atoms with Crippen LogP contribution in [0.3, 0.4) is 0 Å². The summed E-state index contributed by atoms with van der Waals surface area (Å²) >= 11 is 0. The average molecular weight is 340 g/mol. The van der Waals surface area contributed by atoms with Crippen LogP contribution in [0.15, 0.2) is 34.9 Å². The van der Waals surface area contributed by atoms with Gasteiger partial charge in [-0.1, -0.05) is 49.3 Å². The molecule has 1 aromatic carbocycles. The highest BCUT2D eigenvalue weighted by Crippen LogP contribution is 2.52. The molecule has 1 saturated heterocycles. The number of aromatic nitrogens is 2. The van der Waals surface area contributed by atoms with Gasteiger partial charge in [0, 0.05) is 26.2 Å². The maximum atomic E-state index is 5.63. The van der Waals surface area contributed by atoms with Crippen LogP contribution in [0.1, 0.15) is 44.5 Å². The first-order valence-electron chi connectivity index (χ1n) is 9.54. The molecule has 0 radical (unpaired) electrons. The number of anilines is 1. The predicted molar refractivity (Wildman–Crippen MR) is 98.9 cm³/mol. The Kier molecular flexibility index (Phi) is 4.50. The van der Waals surface area contributed by atoms with Crippen molar-refractivity contribution in [2.24, 2.45) is 5.92 Å². The Morgan fingerprint density at radius 1 is 1.08 bits per heavy atom. The Labute approximate surface area is 150 Å². The fraction of sp³-hybridized carbons (Fsp3) is 0.600. The van der Waals surface area contributed by atoms with Crippen molar-refractivity contribution in [3.63, 3.8) is 0 Å². The first kappa shape index (κ1) is 16.6. The van der Waals surface area contributed by atoms with E-state index in [1.54, 1.807) is 0 Å². The Hall–Kier alpha value is -1.88. The molecular formula is C20H28N4O. The highest BCUT2D eigenvalue weighted by atomic mass is 16.5. The molecular weight excluding hydrogens is 312 g/mol. The third-order valence-corrected chi connectivity index (χ3v) is 5.59. The van der Waals surface area contributed by atoms with Crippen LogP contribution < -0.4 is 4.90 Å². The highest BCUT2D eigenvalue weighted by molar-refractivity contribution is 5.40. The van der Waals surface area contributed by atoms with Gasteiger partial charge >= 0.3 is 6.01 Å². The number of nitrogens with zero attached hydrogens (tertiary/aromatic N) is 4. The first-order chi connectivity index (χ1) is 12.2. The topological polar surface area (TPSA) is 45.4 Å². The lowest BCUT2D eigenvalue weighted by Gasteiger charge is -2.33. The average Bonchev–Trinajstić information content (AvgIpc) is 3.31. The van der Waals surface area contributed by atoms with Gasteiger partial charge in [-0.05, 0) is 37.3 Å². The van der Waals surface area contributed by atoms with Crippen LogP contribution >= 0.6 is 0 Å². The van der Waals surface area contributed by atoms with Gasteiger partial charge < -0.3 is 9.42 Å². The van der Waals surface area contributed by atoms with E-state index in [9.17, 15) is 0 Å². The molecule has 1 aliphatic carbocycles. The molecule has 5 nitrogen and oxygen atoms in total. The van der Waals surface area contributed by atoms with E-state index in [0.29, 0.717) is 6.01 Å². The molecule has 1 aliphatic heterocycles. The van der Waals surface area contributed by atoms with Crippen molar-refractivity contribution in [2.75, 3.05) is 37.6 Å². The summed E-state index contributed by atoms with van der Waals surface area (Å²) in [6.07, 6.45) is 3.49. The summed E-state index contributed by atoms with van der Waals surface area (Å²) in [4.78, 5) is 9.55. The van der Waals surface area contributed by atoms with Gasteiger partial charge in [0.25, 0.3) is 0 Å². The molecule has 1 saturated carbocycles. The largest absolute Gasteiger partial charge is 0.324 e. The lowest BCUT2D eigenvalue weighted by molar-refractivity contribution is 0.237. The number of hydrogen-bond donors (Lipinski definition) is 0. The smallest absolute Gasteiger partial charge is 0.322 e. The Morgan fingerprint density at radius 2 is 1.80 bits per heavy atom. The van der Waals surface area contributed by atoms with Crippen molar-refractivity contribution in [1.82, 2.24) is 15.0 Å². The Balaban J connectivity index is 1.40. The van der Waals surface area contributed by atoms with Gasteiger partial charge in [0.15, 0.2) is 5.82 Å². The minimum absolute atomic E-state index is 0.0118. The zero-order chi connectivity index (χ0) is 17.3. The predicted octanol–water partition coefficient (Wildman–Crippen LogP) is 3.32. The molecule has 0 amide bonds. The molecule has 0 bridgehead atoms. The standard InChI is InChI=1S/C20H28N4O/c1-16(2)8-11-23-12-14-24(15-13-23)19-21-18(22-25-19)20(9-10-20)17-6-4-3-5-7-17/h3-7,16H,8-15H2,1-2H3. The van der Waals surface area contributed by atoms with Gasteiger partial charge in [0.2, 0.25) is 0 Å². The van der Waals surface area contributed by atoms with E-state index in [2.05, 4.69) is 59.1 Å². The number of rotatable bonds is 6. The van der Waals surface area contributed by atoms with E-state index < -0.39 is 0 Å². The summed E-state index contributed by atoms with van der Waals surface area (Å²) in [5.41, 5.74) is 1.29. The molecule has 2 aliphatic rings. The summed E-state index contributed by atoms with van der Waals surface area (Å²) < 4.78 is 5.63. The van der Waals surface area contributed by atoms with E-state index in [4.69, 9.17) is 9.51 Å². The van der Waals surface area contributed by atoms with Crippen LogP contribution in [0.5, 0.6) is 0 Å². The zero-order valence-electron chi connectivity index (χ0n) is 15.3. The lowest BCUT2D eigenvalue weighted by atomic mass is 9.95. The van der Waals surface area contributed by atoms with Gasteiger partial charge in [-0.3, -0.25) is 4.90 Å². The zero-order valence-corrected chi connectivity index (χ0v) is 15.3. The molecule has 134 valence electrons. The van der Waals surface area contributed by atoms with Crippen LogP contribution in [0, 0.1) is 5.92 Å². The molecule has 1 aromatic heterocycles. The normalized spacial score (nSPS) is 20.2. The van der Waals surface area contributed by atoms with Crippen LogP contribution in [0.4, 0.5) is 6.01 Å². The van der Waals surface area contributed by atoms with Crippen molar-refractivity contribution in [1.29, 1.82) is 0 Å². The van der Waals surface area contributed by atoms with Crippen LogP contribution in [0.25, 0.3) is 0 Å². The van der Waals surface area contributed by atoms with Gasteiger partial charge in [0.1, 0.15) is 0 Å². The van der Waals surface area contributed by atoms with Crippen LogP contribution in [0.2, 0.25) is 0 Å².